The Hall–Kier alpha value is -2.08. The molecule has 0 spiro atoms. The predicted octanol–water partition coefficient (Wildman–Crippen LogP) is 4.06. The monoisotopic (exact) mass is 406 g/mol. The lowest BCUT2D eigenvalue weighted by atomic mass is 10.00. The number of carbonyl (C=O) groups excluding carboxylic acids is 1. The number of hydrogen-bond acceptors (Lipinski definition) is 4. The number of amides is 1. The van der Waals surface area contributed by atoms with Crippen LogP contribution < -0.4 is 10.5 Å². The minimum atomic E-state index is -0.241. The van der Waals surface area contributed by atoms with E-state index in [4.69, 9.17) is 15.2 Å². The SMILES string of the molecule is CCN(C(=O)CC(CN)OC)C(C)c1ccc(-c2cccc(OC)c2)cc1.Cl. The van der Waals surface area contributed by atoms with Crippen molar-refractivity contribution in [3.8, 4) is 16.9 Å². The van der Waals surface area contributed by atoms with Gasteiger partial charge in [0.2, 0.25) is 5.91 Å². The topological polar surface area (TPSA) is 64.8 Å². The van der Waals surface area contributed by atoms with Gasteiger partial charge in [-0.1, -0.05) is 36.4 Å². The lowest BCUT2D eigenvalue weighted by Gasteiger charge is -2.30. The maximum atomic E-state index is 12.7. The molecule has 0 saturated carbocycles. The number of hydrogen-bond donors (Lipinski definition) is 1. The van der Waals surface area contributed by atoms with E-state index < -0.39 is 0 Å². The molecule has 5 nitrogen and oxygen atoms in total. The second-order valence-electron chi connectivity index (χ2n) is 6.51. The molecule has 0 aromatic heterocycles. The maximum absolute atomic E-state index is 12.7. The molecule has 2 rings (SSSR count). The van der Waals surface area contributed by atoms with Crippen LogP contribution in [0, 0.1) is 0 Å². The largest absolute Gasteiger partial charge is 0.497 e. The van der Waals surface area contributed by atoms with Crippen LogP contribution in [-0.2, 0) is 9.53 Å². The normalized spacial score (nSPS) is 12.6. The van der Waals surface area contributed by atoms with Crippen LogP contribution in [-0.4, -0.2) is 44.2 Å². The van der Waals surface area contributed by atoms with Crippen molar-refractivity contribution in [3.05, 3.63) is 54.1 Å². The molecule has 2 aromatic carbocycles. The van der Waals surface area contributed by atoms with E-state index in [9.17, 15) is 4.79 Å². The van der Waals surface area contributed by atoms with E-state index >= 15 is 0 Å². The Bertz CT molecular complexity index is 733. The minimum Gasteiger partial charge on any atom is -0.497 e. The molecule has 0 radical (unpaired) electrons. The maximum Gasteiger partial charge on any atom is 0.225 e. The number of rotatable bonds is 9. The Morgan fingerprint density at radius 1 is 1.11 bits per heavy atom. The zero-order chi connectivity index (χ0) is 19.8. The Morgan fingerprint density at radius 3 is 2.32 bits per heavy atom. The van der Waals surface area contributed by atoms with E-state index in [0.717, 1.165) is 22.4 Å². The van der Waals surface area contributed by atoms with Gasteiger partial charge in [0.15, 0.2) is 0 Å². The Labute approximate surface area is 174 Å². The fourth-order valence-corrected chi connectivity index (χ4v) is 3.18. The summed E-state index contributed by atoms with van der Waals surface area (Å²) in [5.41, 5.74) is 8.96. The summed E-state index contributed by atoms with van der Waals surface area (Å²) in [6.07, 6.45) is 0.0572. The standard InChI is InChI=1S/C22H30N2O3.ClH/c1-5-24(22(25)14-21(15-23)27-4)16(2)17-9-11-18(12-10-17)19-7-6-8-20(13-19)26-3;/h6-13,16,21H,5,14-15,23H2,1-4H3;1H. The Kier molecular flexibility index (Phi) is 10.0. The number of benzene rings is 2. The average Bonchev–Trinajstić information content (AvgIpc) is 2.72. The molecule has 0 bridgehead atoms. The minimum absolute atomic E-state index is 0. The number of methoxy groups -OCH3 is 2. The summed E-state index contributed by atoms with van der Waals surface area (Å²) >= 11 is 0. The number of nitrogens with two attached hydrogens (primary N) is 1. The van der Waals surface area contributed by atoms with Gasteiger partial charge in [-0.15, -0.1) is 12.4 Å². The van der Waals surface area contributed by atoms with Crippen LogP contribution in [0.3, 0.4) is 0 Å². The van der Waals surface area contributed by atoms with Gasteiger partial charge in [-0.25, -0.2) is 0 Å². The highest BCUT2D eigenvalue weighted by Crippen LogP contribution is 2.27. The summed E-state index contributed by atoms with van der Waals surface area (Å²) in [4.78, 5) is 14.5. The van der Waals surface area contributed by atoms with Gasteiger partial charge in [-0.3, -0.25) is 4.79 Å². The van der Waals surface area contributed by atoms with Gasteiger partial charge in [-0.05, 0) is 42.7 Å². The summed E-state index contributed by atoms with van der Waals surface area (Å²) in [6, 6.07) is 16.3. The van der Waals surface area contributed by atoms with Crippen LogP contribution in [0.4, 0.5) is 0 Å². The van der Waals surface area contributed by atoms with Crippen LogP contribution in [0.5, 0.6) is 5.75 Å². The molecule has 0 fully saturated rings. The predicted molar refractivity (Wildman–Crippen MR) is 116 cm³/mol. The third kappa shape index (κ3) is 5.96. The first-order chi connectivity index (χ1) is 13.0. The number of ether oxygens (including phenoxy) is 2. The van der Waals surface area contributed by atoms with Crippen molar-refractivity contribution in [2.75, 3.05) is 27.3 Å². The van der Waals surface area contributed by atoms with E-state index in [1.165, 1.54) is 0 Å². The van der Waals surface area contributed by atoms with Gasteiger partial charge in [-0.2, -0.15) is 0 Å². The van der Waals surface area contributed by atoms with Crippen molar-refractivity contribution in [1.29, 1.82) is 0 Å². The molecule has 0 aliphatic heterocycles. The van der Waals surface area contributed by atoms with Crippen molar-refractivity contribution in [2.45, 2.75) is 32.4 Å². The van der Waals surface area contributed by atoms with E-state index in [1.807, 2.05) is 36.9 Å². The van der Waals surface area contributed by atoms with E-state index in [1.54, 1.807) is 14.2 Å². The summed E-state index contributed by atoms with van der Waals surface area (Å²) in [5, 5.41) is 0. The molecule has 6 heteroatoms. The summed E-state index contributed by atoms with van der Waals surface area (Å²) in [7, 11) is 3.25. The summed E-state index contributed by atoms with van der Waals surface area (Å²) in [5.74, 6) is 0.888. The zero-order valence-electron chi connectivity index (χ0n) is 17.1. The van der Waals surface area contributed by atoms with Gasteiger partial charge in [0, 0.05) is 20.2 Å². The van der Waals surface area contributed by atoms with Crippen molar-refractivity contribution in [3.63, 3.8) is 0 Å². The second-order valence-corrected chi connectivity index (χ2v) is 6.51. The van der Waals surface area contributed by atoms with Crippen LogP contribution in [0.25, 0.3) is 11.1 Å². The molecule has 0 saturated heterocycles. The molecule has 2 atom stereocenters. The molecule has 2 aromatic rings. The first-order valence-electron chi connectivity index (χ1n) is 9.30. The third-order valence-electron chi connectivity index (χ3n) is 4.92. The van der Waals surface area contributed by atoms with Crippen molar-refractivity contribution in [1.82, 2.24) is 4.90 Å². The lowest BCUT2D eigenvalue weighted by Crippen LogP contribution is -2.37. The highest BCUT2D eigenvalue weighted by atomic mass is 35.5. The summed E-state index contributed by atoms with van der Waals surface area (Å²) < 4.78 is 10.5. The third-order valence-corrected chi connectivity index (χ3v) is 4.92. The molecule has 154 valence electrons. The number of nitrogens with zero attached hydrogens (tertiary/aromatic N) is 1. The molecule has 0 aliphatic carbocycles. The second kappa shape index (κ2) is 11.7. The highest BCUT2D eigenvalue weighted by molar-refractivity contribution is 5.85. The first-order valence-corrected chi connectivity index (χ1v) is 9.30. The molecule has 28 heavy (non-hydrogen) atoms. The van der Waals surface area contributed by atoms with Crippen molar-refractivity contribution >= 4 is 18.3 Å². The molecular weight excluding hydrogens is 376 g/mol. The van der Waals surface area contributed by atoms with Gasteiger partial charge >= 0.3 is 0 Å². The molecular formula is C22H31ClN2O3. The van der Waals surface area contributed by atoms with Crippen LogP contribution >= 0.6 is 12.4 Å². The quantitative estimate of drug-likeness (QED) is 0.682. The van der Waals surface area contributed by atoms with E-state index in [-0.39, 0.29) is 30.5 Å². The van der Waals surface area contributed by atoms with Crippen LogP contribution in [0.15, 0.2) is 48.5 Å². The van der Waals surface area contributed by atoms with Crippen molar-refractivity contribution in [2.24, 2.45) is 5.73 Å². The lowest BCUT2D eigenvalue weighted by molar-refractivity contribution is -0.135. The van der Waals surface area contributed by atoms with Gasteiger partial charge in [0.1, 0.15) is 5.75 Å². The van der Waals surface area contributed by atoms with Crippen molar-refractivity contribution < 1.29 is 14.3 Å². The fourth-order valence-electron chi connectivity index (χ4n) is 3.18. The van der Waals surface area contributed by atoms with Gasteiger partial charge in [0.05, 0.1) is 25.7 Å². The molecule has 2 unspecified atom stereocenters. The Balaban J connectivity index is 0.00000392. The smallest absolute Gasteiger partial charge is 0.225 e. The summed E-state index contributed by atoms with van der Waals surface area (Å²) in [6.45, 7) is 5.01. The number of carbonyl (C=O) groups is 1. The van der Waals surface area contributed by atoms with Crippen LogP contribution in [0.1, 0.15) is 31.9 Å². The van der Waals surface area contributed by atoms with E-state index in [0.29, 0.717) is 19.5 Å². The molecule has 2 N–H and O–H groups in total. The van der Waals surface area contributed by atoms with Gasteiger partial charge < -0.3 is 20.1 Å². The first kappa shape index (κ1) is 24.0. The molecule has 1 amide bonds. The van der Waals surface area contributed by atoms with Crippen LogP contribution in [0.2, 0.25) is 0 Å². The molecule has 0 aliphatic rings. The number of halogens is 1. The van der Waals surface area contributed by atoms with Gasteiger partial charge in [0.25, 0.3) is 0 Å². The zero-order valence-corrected chi connectivity index (χ0v) is 17.9. The van der Waals surface area contributed by atoms with E-state index in [2.05, 4.69) is 30.3 Å². The highest BCUT2D eigenvalue weighted by Gasteiger charge is 2.22. The Morgan fingerprint density at radius 2 is 1.79 bits per heavy atom. The fraction of sp³-hybridized carbons (Fsp3) is 0.409. The average molecular weight is 407 g/mol. The molecule has 0 heterocycles.